The smallest absolute Gasteiger partial charge is 0.306 e. The van der Waals surface area contributed by atoms with Gasteiger partial charge >= 0.3 is 17.9 Å². The highest BCUT2D eigenvalue weighted by Crippen LogP contribution is 2.11. The van der Waals surface area contributed by atoms with Gasteiger partial charge in [0.25, 0.3) is 0 Å². The second-order valence-electron chi connectivity index (χ2n) is 14.3. The highest BCUT2D eigenvalue weighted by molar-refractivity contribution is 5.71. The van der Waals surface area contributed by atoms with Crippen molar-refractivity contribution >= 4 is 17.9 Å². The highest BCUT2D eigenvalue weighted by atomic mass is 16.6. The molecule has 1 unspecified atom stereocenters. The van der Waals surface area contributed by atoms with Gasteiger partial charge in [-0.25, -0.2) is 0 Å². The monoisotopic (exact) mass is 825 g/mol. The van der Waals surface area contributed by atoms with Gasteiger partial charge < -0.3 is 14.2 Å². The van der Waals surface area contributed by atoms with E-state index in [1.54, 1.807) is 0 Å². The first-order chi connectivity index (χ1) is 29.5. The molecule has 0 fully saturated rings. The zero-order valence-electron chi connectivity index (χ0n) is 37.6. The fourth-order valence-electron chi connectivity index (χ4n) is 5.38. The van der Waals surface area contributed by atoms with E-state index in [1.807, 2.05) is 54.7 Å². The Morgan fingerprint density at radius 3 is 1.22 bits per heavy atom. The summed E-state index contributed by atoms with van der Waals surface area (Å²) in [5.74, 6) is -1.10. The fraction of sp³-hybridized carbons (Fsp3) is 0.500. The summed E-state index contributed by atoms with van der Waals surface area (Å²) in [5, 5.41) is 0. The van der Waals surface area contributed by atoms with E-state index in [4.69, 9.17) is 14.2 Å². The molecule has 0 aliphatic carbocycles. The molecule has 6 heteroatoms. The van der Waals surface area contributed by atoms with Crippen LogP contribution in [0.1, 0.15) is 156 Å². The maximum atomic E-state index is 12.7. The lowest BCUT2D eigenvalue weighted by Crippen LogP contribution is -2.30. The normalized spacial score (nSPS) is 13.4. The molecule has 0 aromatic rings. The molecule has 0 radical (unpaired) electrons. The Morgan fingerprint density at radius 1 is 0.350 bits per heavy atom. The zero-order chi connectivity index (χ0) is 43.7. The van der Waals surface area contributed by atoms with Crippen LogP contribution in [0.25, 0.3) is 0 Å². The highest BCUT2D eigenvalue weighted by Gasteiger charge is 2.19. The number of ether oxygens (including phenoxy) is 3. The third-order valence-corrected chi connectivity index (χ3v) is 8.74. The van der Waals surface area contributed by atoms with Crippen molar-refractivity contribution in [3.63, 3.8) is 0 Å². The SMILES string of the molecule is CC/C=C/C=C/C=C/C=C/CCCCCC(=O)OC(COC(=O)CC/C=C/C/C=C/C/C=C/C/C=C/C/C=C/CC)COC(=O)CCCCCCC/C=C/C=C/C=C/CC. The second kappa shape index (κ2) is 47.0. The molecule has 60 heavy (non-hydrogen) atoms. The van der Waals surface area contributed by atoms with Gasteiger partial charge in [-0.15, -0.1) is 0 Å². The van der Waals surface area contributed by atoms with Crippen LogP contribution in [0.5, 0.6) is 0 Å². The number of hydrogen-bond acceptors (Lipinski definition) is 6. The minimum absolute atomic E-state index is 0.135. The average molecular weight is 825 g/mol. The van der Waals surface area contributed by atoms with Crippen LogP contribution in [0, 0.1) is 0 Å². The zero-order valence-corrected chi connectivity index (χ0v) is 37.6. The number of rotatable bonds is 38. The molecule has 0 spiro atoms. The van der Waals surface area contributed by atoms with Gasteiger partial charge in [0, 0.05) is 19.3 Å². The molecule has 0 heterocycles. The quantitative estimate of drug-likeness (QED) is 0.0203. The number of carbonyl (C=O) groups excluding carboxylic acids is 3. The Kier molecular flexibility index (Phi) is 43.3. The molecule has 0 bridgehead atoms. The van der Waals surface area contributed by atoms with Crippen molar-refractivity contribution in [1.82, 2.24) is 0 Å². The van der Waals surface area contributed by atoms with Gasteiger partial charge in [-0.1, -0.05) is 192 Å². The molecule has 0 rings (SSSR count). The predicted molar refractivity (Wildman–Crippen MR) is 255 cm³/mol. The van der Waals surface area contributed by atoms with Crippen LogP contribution in [-0.2, 0) is 28.6 Å². The molecule has 0 saturated heterocycles. The van der Waals surface area contributed by atoms with Crippen LogP contribution < -0.4 is 0 Å². The van der Waals surface area contributed by atoms with E-state index in [0.29, 0.717) is 19.3 Å². The lowest BCUT2D eigenvalue weighted by molar-refractivity contribution is -0.166. The van der Waals surface area contributed by atoms with Gasteiger partial charge in [-0.3, -0.25) is 14.4 Å². The van der Waals surface area contributed by atoms with Gasteiger partial charge in [0.2, 0.25) is 0 Å². The lowest BCUT2D eigenvalue weighted by atomic mass is 10.1. The third-order valence-electron chi connectivity index (χ3n) is 8.74. The standard InChI is InChI=1S/C54H80O6/c1-4-7-10-13-16-19-22-25-26-27-30-32-35-38-41-44-47-53(56)59-50-51(60-54(57)48-45-42-39-36-33-29-24-21-18-15-12-9-6-3)49-58-52(55)46-43-40-37-34-31-28-23-20-17-14-11-8-5-2/h7-12,14-21,23-26,29-30,32-33,38,41,51H,4-6,13,22,27-28,31,34-37,39-40,42-50H2,1-3H3/b10-7+,11-8+,12-9+,17-14+,18-15+,19-16+,23-20+,24-21+,26-25+,32-30+,33-29+,41-38+. The van der Waals surface area contributed by atoms with Gasteiger partial charge in [0.05, 0.1) is 0 Å². The Balaban J connectivity index is 4.63. The summed E-state index contributed by atoms with van der Waals surface area (Å²) in [6.45, 7) is 6.08. The molecule has 6 nitrogen and oxygen atoms in total. The topological polar surface area (TPSA) is 78.9 Å². The van der Waals surface area contributed by atoms with Gasteiger partial charge in [-0.05, 0) is 89.9 Å². The van der Waals surface area contributed by atoms with Crippen molar-refractivity contribution in [3.8, 4) is 0 Å². The van der Waals surface area contributed by atoms with Crippen molar-refractivity contribution in [2.75, 3.05) is 13.2 Å². The minimum Gasteiger partial charge on any atom is -0.462 e. The van der Waals surface area contributed by atoms with E-state index >= 15 is 0 Å². The van der Waals surface area contributed by atoms with Gasteiger partial charge in [0.15, 0.2) is 6.10 Å². The third kappa shape index (κ3) is 44.4. The Hall–Kier alpha value is -4.71. The van der Waals surface area contributed by atoms with Crippen LogP contribution in [0.3, 0.4) is 0 Å². The molecule has 1 atom stereocenters. The summed E-state index contributed by atoms with van der Waals surface area (Å²) in [7, 11) is 0. The maximum absolute atomic E-state index is 12.7. The number of hydrogen-bond donors (Lipinski definition) is 0. The van der Waals surface area contributed by atoms with Crippen LogP contribution in [0.4, 0.5) is 0 Å². The van der Waals surface area contributed by atoms with Crippen LogP contribution in [-0.4, -0.2) is 37.2 Å². The second-order valence-corrected chi connectivity index (χ2v) is 14.3. The summed E-state index contributed by atoms with van der Waals surface area (Å²) >= 11 is 0. The minimum atomic E-state index is -0.842. The molecule has 0 aromatic heterocycles. The summed E-state index contributed by atoms with van der Waals surface area (Å²) in [5.41, 5.74) is 0. The molecule has 0 aliphatic rings. The Bertz CT molecular complexity index is 1410. The fourth-order valence-corrected chi connectivity index (χ4v) is 5.38. The van der Waals surface area contributed by atoms with Gasteiger partial charge in [-0.2, -0.15) is 0 Å². The average Bonchev–Trinajstić information content (AvgIpc) is 3.24. The molecule has 332 valence electrons. The summed E-state index contributed by atoms with van der Waals surface area (Å²) in [6.07, 6.45) is 67.0. The van der Waals surface area contributed by atoms with E-state index in [2.05, 4.69) is 112 Å². The number of unbranched alkanes of at least 4 members (excludes halogenated alkanes) is 8. The molecule has 0 amide bonds. The molecule has 0 aromatic carbocycles. The van der Waals surface area contributed by atoms with E-state index in [0.717, 1.165) is 103 Å². The first kappa shape index (κ1) is 55.3. The van der Waals surface area contributed by atoms with Crippen LogP contribution in [0.15, 0.2) is 146 Å². The predicted octanol–water partition coefficient (Wildman–Crippen LogP) is 14.9. The van der Waals surface area contributed by atoms with Crippen molar-refractivity contribution in [2.24, 2.45) is 0 Å². The van der Waals surface area contributed by atoms with E-state index < -0.39 is 6.10 Å². The summed E-state index contributed by atoms with van der Waals surface area (Å²) in [4.78, 5) is 37.8. The Labute approximate surface area is 366 Å². The first-order valence-electron chi connectivity index (χ1n) is 22.9. The van der Waals surface area contributed by atoms with Crippen molar-refractivity contribution in [3.05, 3.63) is 146 Å². The Morgan fingerprint density at radius 2 is 0.717 bits per heavy atom. The number of allylic oxidation sites excluding steroid dienone is 24. The first-order valence-corrected chi connectivity index (χ1v) is 22.9. The van der Waals surface area contributed by atoms with Crippen molar-refractivity contribution in [1.29, 1.82) is 0 Å². The molecule has 0 aliphatic heterocycles. The van der Waals surface area contributed by atoms with Crippen LogP contribution >= 0.6 is 0 Å². The number of carbonyl (C=O) groups is 3. The number of esters is 3. The summed E-state index contributed by atoms with van der Waals surface area (Å²) < 4.78 is 16.6. The molecule has 0 saturated carbocycles. The van der Waals surface area contributed by atoms with Crippen molar-refractivity contribution < 1.29 is 28.6 Å². The maximum Gasteiger partial charge on any atom is 0.306 e. The van der Waals surface area contributed by atoms with E-state index in [9.17, 15) is 14.4 Å². The van der Waals surface area contributed by atoms with Gasteiger partial charge in [0.1, 0.15) is 13.2 Å². The van der Waals surface area contributed by atoms with E-state index in [1.165, 1.54) is 0 Å². The van der Waals surface area contributed by atoms with E-state index in [-0.39, 0.29) is 44.0 Å². The largest absolute Gasteiger partial charge is 0.462 e. The van der Waals surface area contributed by atoms with Crippen LogP contribution in [0.2, 0.25) is 0 Å². The lowest BCUT2D eigenvalue weighted by Gasteiger charge is -2.18. The molecular formula is C54H80O6. The molecular weight excluding hydrogens is 745 g/mol. The van der Waals surface area contributed by atoms with Crippen molar-refractivity contribution in [2.45, 2.75) is 162 Å². The summed E-state index contributed by atoms with van der Waals surface area (Å²) in [6, 6.07) is 0. The molecule has 0 N–H and O–H groups in total.